The standard InChI is InChI=1S/C20H26N2O6S/c1-21(13-15-6-11-18(27-4)19(12-15)28-5)20(23)14-22(2)29(24,25)17-9-7-16(26-3)8-10-17/h6-12H,13-14H2,1-5H3. The zero-order chi connectivity index (χ0) is 21.6. The highest BCUT2D eigenvalue weighted by Crippen LogP contribution is 2.28. The molecule has 8 nitrogen and oxygen atoms in total. The normalized spacial score (nSPS) is 11.2. The van der Waals surface area contributed by atoms with Gasteiger partial charge in [-0.15, -0.1) is 0 Å². The highest BCUT2D eigenvalue weighted by Gasteiger charge is 2.24. The lowest BCUT2D eigenvalue weighted by Crippen LogP contribution is -2.39. The molecule has 158 valence electrons. The number of likely N-dealkylation sites (N-methyl/N-ethyl adjacent to an activating group) is 2. The van der Waals surface area contributed by atoms with E-state index in [1.807, 2.05) is 6.07 Å². The van der Waals surface area contributed by atoms with E-state index in [1.54, 1.807) is 38.4 Å². The second-order valence-corrected chi connectivity index (χ2v) is 8.42. The number of carbonyl (C=O) groups is 1. The summed E-state index contributed by atoms with van der Waals surface area (Å²) in [7, 11) is 3.79. The maximum Gasteiger partial charge on any atom is 0.243 e. The van der Waals surface area contributed by atoms with Crippen molar-refractivity contribution in [1.29, 1.82) is 0 Å². The lowest BCUT2D eigenvalue weighted by Gasteiger charge is -2.22. The summed E-state index contributed by atoms with van der Waals surface area (Å²) in [5, 5.41) is 0. The van der Waals surface area contributed by atoms with Crippen molar-refractivity contribution < 1.29 is 27.4 Å². The lowest BCUT2D eigenvalue weighted by molar-refractivity contribution is -0.130. The van der Waals surface area contributed by atoms with Crippen LogP contribution in [0.4, 0.5) is 0 Å². The number of hydrogen-bond donors (Lipinski definition) is 0. The summed E-state index contributed by atoms with van der Waals surface area (Å²) in [5.41, 5.74) is 0.833. The van der Waals surface area contributed by atoms with Crippen LogP contribution >= 0.6 is 0 Å². The first-order chi connectivity index (χ1) is 13.7. The Bertz CT molecular complexity index is 944. The van der Waals surface area contributed by atoms with E-state index in [9.17, 15) is 13.2 Å². The van der Waals surface area contributed by atoms with Crippen LogP contribution in [-0.2, 0) is 21.4 Å². The van der Waals surface area contributed by atoms with Gasteiger partial charge in [-0.25, -0.2) is 8.42 Å². The molecule has 0 spiro atoms. The van der Waals surface area contributed by atoms with Crippen molar-refractivity contribution in [2.45, 2.75) is 11.4 Å². The van der Waals surface area contributed by atoms with Gasteiger partial charge >= 0.3 is 0 Å². The van der Waals surface area contributed by atoms with Gasteiger partial charge in [-0.05, 0) is 42.0 Å². The molecule has 0 radical (unpaired) electrons. The van der Waals surface area contributed by atoms with Gasteiger partial charge in [0.05, 0.1) is 32.8 Å². The van der Waals surface area contributed by atoms with Crippen molar-refractivity contribution in [3.63, 3.8) is 0 Å². The highest BCUT2D eigenvalue weighted by atomic mass is 32.2. The van der Waals surface area contributed by atoms with Crippen LogP contribution < -0.4 is 14.2 Å². The molecule has 9 heteroatoms. The summed E-state index contributed by atoms with van der Waals surface area (Å²) >= 11 is 0. The highest BCUT2D eigenvalue weighted by molar-refractivity contribution is 7.89. The zero-order valence-corrected chi connectivity index (χ0v) is 18.0. The third kappa shape index (κ3) is 5.39. The molecule has 0 N–H and O–H groups in total. The Morgan fingerprint density at radius 2 is 1.52 bits per heavy atom. The number of benzene rings is 2. The maximum atomic E-state index is 12.7. The fraction of sp³-hybridized carbons (Fsp3) is 0.350. The number of hydrogen-bond acceptors (Lipinski definition) is 6. The van der Waals surface area contributed by atoms with Gasteiger partial charge < -0.3 is 19.1 Å². The van der Waals surface area contributed by atoms with Gasteiger partial charge in [0.1, 0.15) is 5.75 Å². The first kappa shape index (κ1) is 22.5. The van der Waals surface area contributed by atoms with Gasteiger partial charge in [0, 0.05) is 20.6 Å². The van der Waals surface area contributed by atoms with Crippen LogP contribution in [0.15, 0.2) is 47.4 Å². The Hall–Kier alpha value is -2.78. The molecule has 0 saturated heterocycles. The molecular formula is C20H26N2O6S. The van der Waals surface area contributed by atoms with E-state index in [0.29, 0.717) is 23.8 Å². The number of nitrogens with zero attached hydrogens (tertiary/aromatic N) is 2. The predicted octanol–water partition coefficient (Wildman–Crippen LogP) is 1.99. The Morgan fingerprint density at radius 1 is 0.897 bits per heavy atom. The SMILES string of the molecule is COc1ccc(S(=O)(=O)N(C)CC(=O)N(C)Cc2ccc(OC)c(OC)c2)cc1. The summed E-state index contributed by atoms with van der Waals surface area (Å²) in [6.07, 6.45) is 0. The number of amides is 1. The fourth-order valence-electron chi connectivity index (χ4n) is 2.66. The quantitative estimate of drug-likeness (QED) is 0.614. The van der Waals surface area contributed by atoms with E-state index < -0.39 is 10.0 Å². The zero-order valence-electron chi connectivity index (χ0n) is 17.2. The van der Waals surface area contributed by atoms with E-state index in [4.69, 9.17) is 14.2 Å². The second-order valence-electron chi connectivity index (χ2n) is 6.38. The largest absolute Gasteiger partial charge is 0.497 e. The van der Waals surface area contributed by atoms with E-state index in [0.717, 1.165) is 9.87 Å². The van der Waals surface area contributed by atoms with Gasteiger partial charge in [0.25, 0.3) is 0 Å². The maximum absolute atomic E-state index is 12.7. The first-order valence-electron chi connectivity index (χ1n) is 8.78. The molecule has 0 unspecified atom stereocenters. The summed E-state index contributed by atoms with van der Waals surface area (Å²) < 4.78 is 41.9. The van der Waals surface area contributed by atoms with E-state index in [1.165, 1.54) is 38.3 Å². The number of rotatable bonds is 9. The molecule has 0 aliphatic carbocycles. The Morgan fingerprint density at radius 3 is 2.07 bits per heavy atom. The van der Waals surface area contributed by atoms with Crippen LogP contribution in [0.25, 0.3) is 0 Å². The van der Waals surface area contributed by atoms with E-state index >= 15 is 0 Å². The molecule has 2 aromatic carbocycles. The molecule has 0 saturated carbocycles. The number of sulfonamides is 1. The minimum atomic E-state index is -3.79. The molecular weight excluding hydrogens is 396 g/mol. The van der Waals surface area contributed by atoms with Crippen molar-refractivity contribution in [2.75, 3.05) is 42.0 Å². The minimum absolute atomic E-state index is 0.0937. The average Bonchev–Trinajstić information content (AvgIpc) is 2.73. The van der Waals surface area contributed by atoms with Crippen molar-refractivity contribution >= 4 is 15.9 Å². The topological polar surface area (TPSA) is 85.4 Å². The third-order valence-electron chi connectivity index (χ3n) is 4.42. The van der Waals surface area contributed by atoms with Gasteiger partial charge in [-0.2, -0.15) is 4.31 Å². The Balaban J connectivity index is 2.06. The van der Waals surface area contributed by atoms with Crippen LogP contribution in [0.5, 0.6) is 17.2 Å². The molecule has 0 aromatic heterocycles. The smallest absolute Gasteiger partial charge is 0.243 e. The van der Waals surface area contributed by atoms with Crippen molar-refractivity contribution in [3.05, 3.63) is 48.0 Å². The van der Waals surface area contributed by atoms with Crippen LogP contribution in [0.3, 0.4) is 0 Å². The van der Waals surface area contributed by atoms with Crippen molar-refractivity contribution in [1.82, 2.24) is 9.21 Å². The lowest BCUT2D eigenvalue weighted by atomic mass is 10.2. The molecule has 1 amide bonds. The Labute approximate surface area is 171 Å². The van der Waals surface area contributed by atoms with Crippen LogP contribution in [0.2, 0.25) is 0 Å². The van der Waals surface area contributed by atoms with Crippen LogP contribution in [0, 0.1) is 0 Å². The van der Waals surface area contributed by atoms with Crippen LogP contribution in [0.1, 0.15) is 5.56 Å². The Kier molecular flexibility index (Phi) is 7.46. The van der Waals surface area contributed by atoms with Crippen molar-refractivity contribution in [2.24, 2.45) is 0 Å². The van der Waals surface area contributed by atoms with Gasteiger partial charge in [-0.3, -0.25) is 4.79 Å². The molecule has 2 aromatic rings. The second kappa shape index (κ2) is 9.62. The monoisotopic (exact) mass is 422 g/mol. The summed E-state index contributed by atoms with van der Waals surface area (Å²) in [5.74, 6) is 1.37. The molecule has 29 heavy (non-hydrogen) atoms. The summed E-state index contributed by atoms with van der Waals surface area (Å²) in [6, 6.07) is 11.4. The summed E-state index contributed by atoms with van der Waals surface area (Å²) in [6.45, 7) is 0.0216. The molecule has 0 heterocycles. The fourth-order valence-corrected chi connectivity index (χ4v) is 3.79. The average molecular weight is 423 g/mol. The third-order valence-corrected chi connectivity index (χ3v) is 6.24. The number of carbonyl (C=O) groups excluding carboxylic acids is 1. The van der Waals surface area contributed by atoms with Gasteiger partial charge in [0.2, 0.25) is 15.9 Å². The van der Waals surface area contributed by atoms with Gasteiger partial charge in [-0.1, -0.05) is 6.07 Å². The summed E-state index contributed by atoms with van der Waals surface area (Å²) in [4.78, 5) is 14.1. The molecule has 0 aliphatic rings. The predicted molar refractivity (Wildman–Crippen MR) is 109 cm³/mol. The van der Waals surface area contributed by atoms with Crippen LogP contribution in [-0.4, -0.2) is 65.5 Å². The first-order valence-corrected chi connectivity index (χ1v) is 10.2. The number of methoxy groups -OCH3 is 3. The van der Waals surface area contributed by atoms with E-state index in [2.05, 4.69) is 0 Å². The van der Waals surface area contributed by atoms with Gasteiger partial charge in [0.15, 0.2) is 11.5 Å². The molecule has 0 atom stereocenters. The molecule has 0 aliphatic heterocycles. The minimum Gasteiger partial charge on any atom is -0.497 e. The molecule has 0 fully saturated rings. The van der Waals surface area contributed by atoms with E-state index in [-0.39, 0.29) is 17.3 Å². The molecule has 0 bridgehead atoms. The molecule has 2 rings (SSSR count). The number of ether oxygens (including phenoxy) is 3. The van der Waals surface area contributed by atoms with Crippen molar-refractivity contribution in [3.8, 4) is 17.2 Å².